The zero-order valence-corrected chi connectivity index (χ0v) is 15.3. The molecule has 0 unspecified atom stereocenters. The molecule has 1 atom stereocenters. The number of nitrogens with zero attached hydrogens (tertiary/aromatic N) is 4. The van der Waals surface area contributed by atoms with E-state index in [-0.39, 0.29) is 11.9 Å². The summed E-state index contributed by atoms with van der Waals surface area (Å²) in [6.07, 6.45) is 5.19. The Bertz CT molecular complexity index is 829. The minimum atomic E-state index is -0.0301. The molecule has 0 aliphatic heterocycles. The van der Waals surface area contributed by atoms with Gasteiger partial charge in [0.1, 0.15) is 12.7 Å². The first-order valence-electron chi connectivity index (χ1n) is 7.96. The van der Waals surface area contributed by atoms with E-state index in [1.54, 1.807) is 27.7 Å². The topological polar surface area (TPSA) is 51.0 Å². The van der Waals surface area contributed by atoms with Gasteiger partial charge in [-0.15, -0.1) is 11.8 Å². The Labute approximate surface area is 151 Å². The third-order valence-electron chi connectivity index (χ3n) is 4.30. The van der Waals surface area contributed by atoms with Crippen molar-refractivity contribution in [2.24, 2.45) is 0 Å². The average Bonchev–Trinajstić information content (AvgIpc) is 3.21. The molecular weight excluding hydrogens is 332 g/mol. The lowest BCUT2D eigenvalue weighted by Gasteiger charge is -2.25. The van der Waals surface area contributed by atoms with Crippen molar-refractivity contribution in [2.45, 2.75) is 17.9 Å². The van der Waals surface area contributed by atoms with E-state index in [1.165, 1.54) is 6.33 Å². The summed E-state index contributed by atoms with van der Waals surface area (Å²) < 4.78 is 1.70. The van der Waals surface area contributed by atoms with Crippen LogP contribution in [0.4, 0.5) is 0 Å². The van der Waals surface area contributed by atoms with Crippen LogP contribution in [0.1, 0.15) is 28.9 Å². The normalized spacial score (nSPS) is 12.0. The fourth-order valence-electron chi connectivity index (χ4n) is 2.58. The van der Waals surface area contributed by atoms with Crippen molar-refractivity contribution in [3.05, 3.63) is 72.3 Å². The summed E-state index contributed by atoms with van der Waals surface area (Å²) in [5.41, 5.74) is 2.71. The highest BCUT2D eigenvalue weighted by Crippen LogP contribution is 2.23. The number of carbonyl (C=O) groups excluding carboxylic acids is 1. The Kier molecular flexibility index (Phi) is 5.19. The van der Waals surface area contributed by atoms with Crippen LogP contribution in [0.25, 0.3) is 5.69 Å². The molecule has 5 nitrogen and oxygen atoms in total. The quantitative estimate of drug-likeness (QED) is 0.655. The summed E-state index contributed by atoms with van der Waals surface area (Å²) in [5, 5.41) is 4.12. The maximum atomic E-state index is 12.7. The van der Waals surface area contributed by atoms with Crippen LogP contribution in [0.5, 0.6) is 0 Å². The number of aromatic nitrogens is 3. The zero-order valence-electron chi connectivity index (χ0n) is 14.5. The predicted molar refractivity (Wildman–Crippen MR) is 100 cm³/mol. The number of rotatable bonds is 5. The molecule has 2 aromatic carbocycles. The Morgan fingerprint density at radius 2 is 1.80 bits per heavy atom. The molecule has 3 aromatic rings. The molecule has 0 aliphatic rings. The lowest BCUT2D eigenvalue weighted by Crippen LogP contribution is -2.29. The molecule has 1 heterocycles. The first-order chi connectivity index (χ1) is 12.1. The van der Waals surface area contributed by atoms with Gasteiger partial charge in [-0.2, -0.15) is 5.10 Å². The monoisotopic (exact) mass is 352 g/mol. The van der Waals surface area contributed by atoms with Gasteiger partial charge in [0.25, 0.3) is 5.91 Å². The van der Waals surface area contributed by atoms with Crippen molar-refractivity contribution in [3.8, 4) is 5.69 Å². The van der Waals surface area contributed by atoms with Crippen LogP contribution < -0.4 is 0 Å². The molecule has 3 rings (SSSR count). The molecule has 0 N–H and O–H groups in total. The number of thioether (sulfide) groups is 1. The summed E-state index contributed by atoms with van der Waals surface area (Å²) in [6, 6.07) is 15.7. The van der Waals surface area contributed by atoms with Crippen LogP contribution in [0.2, 0.25) is 0 Å². The zero-order chi connectivity index (χ0) is 17.8. The largest absolute Gasteiger partial charge is 0.335 e. The molecule has 0 spiro atoms. The van der Waals surface area contributed by atoms with Crippen molar-refractivity contribution in [3.63, 3.8) is 0 Å². The van der Waals surface area contributed by atoms with Crippen molar-refractivity contribution < 1.29 is 4.79 Å². The molecule has 0 radical (unpaired) electrons. The third-order valence-corrected chi connectivity index (χ3v) is 5.04. The van der Waals surface area contributed by atoms with E-state index < -0.39 is 0 Å². The number of amides is 1. The Balaban J connectivity index is 1.74. The highest BCUT2D eigenvalue weighted by molar-refractivity contribution is 7.98. The van der Waals surface area contributed by atoms with Gasteiger partial charge in [0.15, 0.2) is 0 Å². The minimum Gasteiger partial charge on any atom is -0.335 e. The fraction of sp³-hybridized carbons (Fsp3) is 0.211. The van der Waals surface area contributed by atoms with Gasteiger partial charge in [-0.1, -0.05) is 12.1 Å². The maximum Gasteiger partial charge on any atom is 0.254 e. The number of carbonyl (C=O) groups is 1. The number of hydrogen-bond donors (Lipinski definition) is 0. The summed E-state index contributed by atoms with van der Waals surface area (Å²) >= 11 is 1.66. The summed E-state index contributed by atoms with van der Waals surface area (Å²) in [7, 11) is 1.83. The van der Waals surface area contributed by atoms with Crippen LogP contribution >= 0.6 is 11.8 Å². The SMILES string of the molecule is CSc1ccc(C(=O)N(C)[C@H](C)c2ccc(-n3cncn3)cc2)cc1. The van der Waals surface area contributed by atoms with Gasteiger partial charge in [0.2, 0.25) is 0 Å². The summed E-state index contributed by atoms with van der Waals surface area (Å²) in [5.74, 6) is 0.0144. The van der Waals surface area contributed by atoms with E-state index in [2.05, 4.69) is 10.1 Å². The summed E-state index contributed by atoms with van der Waals surface area (Å²) in [6.45, 7) is 2.03. The van der Waals surface area contributed by atoms with E-state index in [0.717, 1.165) is 16.1 Å². The molecule has 0 saturated heterocycles. The Morgan fingerprint density at radius 1 is 1.12 bits per heavy atom. The lowest BCUT2D eigenvalue weighted by molar-refractivity contribution is 0.0742. The molecule has 128 valence electrons. The second-order valence-electron chi connectivity index (χ2n) is 5.75. The summed E-state index contributed by atoms with van der Waals surface area (Å²) in [4.78, 5) is 19.6. The van der Waals surface area contributed by atoms with Crippen LogP contribution in [0, 0.1) is 0 Å². The van der Waals surface area contributed by atoms with E-state index in [0.29, 0.717) is 5.56 Å². The van der Waals surface area contributed by atoms with Crippen LogP contribution in [-0.4, -0.2) is 38.9 Å². The molecule has 0 aliphatic carbocycles. The third kappa shape index (κ3) is 3.74. The maximum absolute atomic E-state index is 12.7. The van der Waals surface area contributed by atoms with Crippen molar-refractivity contribution in [1.29, 1.82) is 0 Å². The van der Waals surface area contributed by atoms with E-state index in [4.69, 9.17) is 0 Å². The smallest absolute Gasteiger partial charge is 0.254 e. The standard InChI is InChI=1S/C19H20N4OS/c1-14(15-4-8-17(9-5-15)23-13-20-12-21-23)22(2)19(24)16-6-10-18(25-3)11-7-16/h4-14H,1-3H3/t14-/m1/s1. The molecule has 6 heteroatoms. The van der Waals surface area contributed by atoms with Crippen LogP contribution in [0.15, 0.2) is 66.1 Å². The van der Waals surface area contributed by atoms with Gasteiger partial charge in [-0.05, 0) is 55.1 Å². The van der Waals surface area contributed by atoms with E-state index in [9.17, 15) is 4.79 Å². The van der Waals surface area contributed by atoms with Crippen molar-refractivity contribution >= 4 is 17.7 Å². The van der Waals surface area contributed by atoms with Gasteiger partial charge in [-0.25, -0.2) is 9.67 Å². The van der Waals surface area contributed by atoms with E-state index in [1.807, 2.05) is 68.8 Å². The highest BCUT2D eigenvalue weighted by Gasteiger charge is 2.19. The second kappa shape index (κ2) is 7.53. The first-order valence-corrected chi connectivity index (χ1v) is 9.19. The molecule has 0 fully saturated rings. The molecular formula is C19H20N4OS. The van der Waals surface area contributed by atoms with Crippen molar-refractivity contribution in [2.75, 3.05) is 13.3 Å². The van der Waals surface area contributed by atoms with Gasteiger partial charge in [0.05, 0.1) is 11.7 Å². The minimum absolute atomic E-state index is 0.0144. The molecule has 0 bridgehead atoms. The van der Waals surface area contributed by atoms with Crippen LogP contribution in [0.3, 0.4) is 0 Å². The molecule has 1 amide bonds. The average molecular weight is 352 g/mol. The van der Waals surface area contributed by atoms with E-state index >= 15 is 0 Å². The number of hydrogen-bond acceptors (Lipinski definition) is 4. The number of benzene rings is 2. The fourth-order valence-corrected chi connectivity index (χ4v) is 2.99. The lowest BCUT2D eigenvalue weighted by atomic mass is 10.1. The van der Waals surface area contributed by atoms with Crippen molar-refractivity contribution in [1.82, 2.24) is 19.7 Å². The second-order valence-corrected chi connectivity index (χ2v) is 6.63. The van der Waals surface area contributed by atoms with Gasteiger partial charge >= 0.3 is 0 Å². The first kappa shape index (κ1) is 17.2. The Hall–Kier alpha value is -2.60. The Morgan fingerprint density at radius 3 is 2.36 bits per heavy atom. The molecule has 0 saturated carbocycles. The van der Waals surface area contributed by atoms with Gasteiger partial charge in [0, 0.05) is 17.5 Å². The molecule has 25 heavy (non-hydrogen) atoms. The highest BCUT2D eigenvalue weighted by atomic mass is 32.2. The van der Waals surface area contributed by atoms with Gasteiger partial charge in [-0.3, -0.25) is 4.79 Å². The van der Waals surface area contributed by atoms with Crippen LogP contribution in [-0.2, 0) is 0 Å². The molecule has 1 aromatic heterocycles. The van der Waals surface area contributed by atoms with Gasteiger partial charge < -0.3 is 4.90 Å². The predicted octanol–water partition coefficient (Wildman–Crippen LogP) is 3.82.